The Bertz CT molecular complexity index is 888. The summed E-state index contributed by atoms with van der Waals surface area (Å²) in [4.78, 5) is 9.86. The summed E-state index contributed by atoms with van der Waals surface area (Å²) in [6, 6.07) is 13.8. The number of hydrogen-bond acceptors (Lipinski definition) is 5. The van der Waals surface area contributed by atoms with E-state index in [9.17, 15) is 0 Å². The van der Waals surface area contributed by atoms with Gasteiger partial charge in [0.05, 0.1) is 18.3 Å². The van der Waals surface area contributed by atoms with E-state index in [4.69, 9.17) is 22.1 Å². The van der Waals surface area contributed by atoms with Gasteiger partial charge in [0.15, 0.2) is 0 Å². The Morgan fingerprint density at radius 1 is 1.04 bits per heavy atom. The fourth-order valence-electron chi connectivity index (χ4n) is 2.93. The van der Waals surface area contributed by atoms with Gasteiger partial charge in [-0.2, -0.15) is 0 Å². The van der Waals surface area contributed by atoms with Crippen molar-refractivity contribution in [3.05, 3.63) is 53.4 Å². The van der Waals surface area contributed by atoms with E-state index in [1.54, 1.807) is 7.11 Å². The molecule has 2 N–H and O–H groups in total. The van der Waals surface area contributed by atoms with Crippen molar-refractivity contribution in [1.29, 1.82) is 0 Å². The molecule has 1 heterocycles. The largest absolute Gasteiger partial charge is 0.496 e. The van der Waals surface area contributed by atoms with Crippen LogP contribution in [-0.4, -0.2) is 22.8 Å². The lowest BCUT2D eigenvalue weighted by Gasteiger charge is -2.09. The molecule has 2 aromatic carbocycles. The first-order valence-corrected chi connectivity index (χ1v) is 10.0. The van der Waals surface area contributed by atoms with E-state index in [1.807, 2.05) is 48.2 Å². The monoisotopic (exact) mass is 387 g/mol. The molecule has 0 fully saturated rings. The van der Waals surface area contributed by atoms with Crippen LogP contribution >= 0.6 is 23.4 Å². The van der Waals surface area contributed by atoms with E-state index >= 15 is 0 Å². The summed E-state index contributed by atoms with van der Waals surface area (Å²) < 4.78 is 5.39. The fraction of sp³-hybridized carbons (Fsp3) is 0.300. The summed E-state index contributed by atoms with van der Waals surface area (Å²) in [5.41, 5.74) is 8.57. The first kappa shape index (κ1) is 18.8. The number of nitrogen functional groups attached to an aromatic ring is 1. The molecule has 3 aromatic rings. The lowest BCUT2D eigenvalue weighted by atomic mass is 10.1. The molecule has 0 spiro atoms. The van der Waals surface area contributed by atoms with Crippen LogP contribution in [-0.2, 0) is 6.42 Å². The average Bonchev–Trinajstić information content (AvgIpc) is 2.64. The molecule has 4 nitrogen and oxygen atoms in total. The molecular formula is C20H22ClN3OS. The number of benzene rings is 2. The molecule has 0 unspecified atom stereocenters. The molecular weight excluding hydrogens is 366 g/mol. The average molecular weight is 388 g/mol. The Hall–Kier alpha value is -1.98. The van der Waals surface area contributed by atoms with Crippen LogP contribution in [0.3, 0.4) is 0 Å². The molecule has 26 heavy (non-hydrogen) atoms. The van der Waals surface area contributed by atoms with Crippen molar-refractivity contribution in [3.8, 4) is 5.75 Å². The number of rotatable bonds is 8. The van der Waals surface area contributed by atoms with Gasteiger partial charge in [0.25, 0.3) is 0 Å². The summed E-state index contributed by atoms with van der Waals surface area (Å²) in [6.45, 7) is 0. The van der Waals surface area contributed by atoms with E-state index in [2.05, 4.69) is 16.0 Å². The molecule has 0 aliphatic rings. The third-order valence-corrected chi connectivity index (χ3v) is 5.50. The predicted octanol–water partition coefficient (Wildman–Crippen LogP) is 5.38. The minimum absolute atomic E-state index is 0.282. The summed E-state index contributed by atoms with van der Waals surface area (Å²) in [6.07, 6.45) is 4.16. The predicted molar refractivity (Wildman–Crippen MR) is 110 cm³/mol. The number of ether oxygens (including phenoxy) is 1. The second-order valence-corrected chi connectivity index (χ2v) is 7.47. The third-order valence-electron chi connectivity index (χ3n) is 4.19. The van der Waals surface area contributed by atoms with Gasteiger partial charge in [0, 0.05) is 16.0 Å². The molecule has 0 saturated heterocycles. The molecule has 0 atom stereocenters. The number of anilines is 1. The molecule has 3 rings (SSSR count). The van der Waals surface area contributed by atoms with Crippen LogP contribution in [0, 0.1) is 0 Å². The highest BCUT2D eigenvalue weighted by atomic mass is 35.5. The second kappa shape index (κ2) is 9.10. The Balaban J connectivity index is 1.52. The smallest absolute Gasteiger partial charge is 0.223 e. The molecule has 0 saturated carbocycles. The molecule has 0 radical (unpaired) electrons. The zero-order chi connectivity index (χ0) is 18.4. The Kier molecular flexibility index (Phi) is 6.58. The first-order chi connectivity index (χ1) is 12.7. The quantitative estimate of drug-likeness (QED) is 0.243. The number of para-hydroxylation sites is 1. The van der Waals surface area contributed by atoms with Gasteiger partial charge < -0.3 is 10.5 Å². The van der Waals surface area contributed by atoms with Crippen LogP contribution in [0.2, 0.25) is 5.28 Å². The number of hydrogen-bond donors (Lipinski definition) is 1. The number of thioether (sulfide) groups is 1. The van der Waals surface area contributed by atoms with Gasteiger partial charge in [-0.25, -0.2) is 9.97 Å². The molecule has 136 valence electrons. The van der Waals surface area contributed by atoms with Crippen LogP contribution in [0.1, 0.15) is 25.0 Å². The van der Waals surface area contributed by atoms with Crippen molar-refractivity contribution in [2.24, 2.45) is 0 Å². The highest BCUT2D eigenvalue weighted by molar-refractivity contribution is 7.99. The fourth-order valence-corrected chi connectivity index (χ4v) is 4.16. The number of unbranched alkanes of at least 4 members (excludes halogenated alkanes) is 2. The molecule has 0 aliphatic carbocycles. The number of halogens is 1. The number of nitrogens with zero attached hydrogens (tertiary/aromatic N) is 2. The van der Waals surface area contributed by atoms with Crippen molar-refractivity contribution in [2.45, 2.75) is 30.6 Å². The molecule has 6 heteroatoms. The highest BCUT2D eigenvalue weighted by Crippen LogP contribution is 2.30. The maximum absolute atomic E-state index is 6.11. The summed E-state index contributed by atoms with van der Waals surface area (Å²) >= 11 is 7.89. The number of aromatic nitrogens is 2. The topological polar surface area (TPSA) is 61.0 Å². The second-order valence-electron chi connectivity index (χ2n) is 5.99. The van der Waals surface area contributed by atoms with Gasteiger partial charge in [0.1, 0.15) is 5.75 Å². The minimum atomic E-state index is 0.282. The standard InChI is InChI=1S/C20H22ClN3OS/c1-25-17-11-4-5-12-18(17)26-13-6-2-3-9-15-19-14(22)8-7-10-16(19)24-20(21)23-15/h4-5,7-8,10-12H,2-3,6,9,13,22H2,1H3. The van der Waals surface area contributed by atoms with E-state index in [0.29, 0.717) is 5.69 Å². The van der Waals surface area contributed by atoms with Gasteiger partial charge in [-0.1, -0.05) is 24.6 Å². The van der Waals surface area contributed by atoms with Crippen LogP contribution in [0.25, 0.3) is 10.9 Å². The SMILES string of the molecule is COc1ccccc1SCCCCCc1nc(Cl)nc2cccc(N)c12. The molecule has 1 aromatic heterocycles. The normalized spacial score (nSPS) is 11.0. The van der Waals surface area contributed by atoms with Crippen LogP contribution < -0.4 is 10.5 Å². The highest BCUT2D eigenvalue weighted by Gasteiger charge is 2.09. The van der Waals surface area contributed by atoms with Crippen molar-refractivity contribution in [1.82, 2.24) is 9.97 Å². The molecule has 0 bridgehead atoms. The number of aryl methyl sites for hydroxylation is 1. The Morgan fingerprint density at radius 2 is 1.88 bits per heavy atom. The zero-order valence-electron chi connectivity index (χ0n) is 14.7. The van der Waals surface area contributed by atoms with Crippen molar-refractivity contribution in [3.63, 3.8) is 0 Å². The first-order valence-electron chi connectivity index (χ1n) is 8.65. The van der Waals surface area contributed by atoms with Gasteiger partial charge in [-0.05, 0) is 60.9 Å². The van der Waals surface area contributed by atoms with E-state index in [1.165, 1.54) is 4.90 Å². The molecule has 0 aliphatic heterocycles. The third kappa shape index (κ3) is 4.59. The van der Waals surface area contributed by atoms with Gasteiger partial charge in [0.2, 0.25) is 5.28 Å². The molecule has 0 amide bonds. The van der Waals surface area contributed by atoms with Crippen LogP contribution in [0.5, 0.6) is 5.75 Å². The maximum Gasteiger partial charge on any atom is 0.223 e. The van der Waals surface area contributed by atoms with E-state index in [0.717, 1.165) is 53.8 Å². The summed E-state index contributed by atoms with van der Waals surface area (Å²) in [5.74, 6) is 2.00. The Morgan fingerprint density at radius 3 is 2.73 bits per heavy atom. The lowest BCUT2D eigenvalue weighted by molar-refractivity contribution is 0.405. The minimum Gasteiger partial charge on any atom is -0.496 e. The van der Waals surface area contributed by atoms with Gasteiger partial charge in [-0.15, -0.1) is 11.8 Å². The van der Waals surface area contributed by atoms with Crippen molar-refractivity contribution < 1.29 is 4.74 Å². The number of methoxy groups -OCH3 is 1. The lowest BCUT2D eigenvalue weighted by Crippen LogP contribution is -1.99. The number of nitrogens with two attached hydrogens (primary N) is 1. The maximum atomic E-state index is 6.11. The van der Waals surface area contributed by atoms with Crippen LogP contribution in [0.4, 0.5) is 5.69 Å². The van der Waals surface area contributed by atoms with E-state index in [-0.39, 0.29) is 5.28 Å². The summed E-state index contributed by atoms with van der Waals surface area (Å²) in [7, 11) is 1.71. The van der Waals surface area contributed by atoms with Crippen molar-refractivity contribution in [2.75, 3.05) is 18.6 Å². The van der Waals surface area contributed by atoms with Crippen LogP contribution in [0.15, 0.2) is 47.4 Å². The van der Waals surface area contributed by atoms with Gasteiger partial charge in [-0.3, -0.25) is 0 Å². The van der Waals surface area contributed by atoms with E-state index < -0.39 is 0 Å². The zero-order valence-corrected chi connectivity index (χ0v) is 16.3. The summed E-state index contributed by atoms with van der Waals surface area (Å²) in [5, 5.41) is 1.21. The number of fused-ring (bicyclic) bond motifs is 1. The van der Waals surface area contributed by atoms with Crippen molar-refractivity contribution >= 4 is 40.0 Å². The Labute approximate surface area is 163 Å². The van der Waals surface area contributed by atoms with Gasteiger partial charge >= 0.3 is 0 Å².